The second-order valence-electron chi connectivity index (χ2n) is 4.01. The van der Waals surface area contributed by atoms with Gasteiger partial charge in [-0.2, -0.15) is 11.8 Å². The van der Waals surface area contributed by atoms with Crippen molar-refractivity contribution in [2.75, 3.05) is 17.8 Å². The Hall–Kier alpha value is -0.990. The first kappa shape index (κ1) is 15.4. The van der Waals surface area contributed by atoms with Crippen molar-refractivity contribution in [3.63, 3.8) is 0 Å². The molecule has 1 N–H and O–H groups in total. The smallest absolute Gasteiger partial charge is 0.313 e. The highest BCUT2D eigenvalue weighted by molar-refractivity contribution is 7.99. The second-order valence-corrected chi connectivity index (χ2v) is 6.86. The highest BCUT2D eigenvalue weighted by Gasteiger charge is 2.13. The molecule has 2 rings (SSSR count). The molecule has 0 aliphatic heterocycles. The molecule has 2 aromatic heterocycles. The fourth-order valence-corrected chi connectivity index (χ4v) is 3.67. The van der Waals surface area contributed by atoms with Gasteiger partial charge in [-0.1, -0.05) is 11.8 Å². The Bertz CT molecular complexity index is 666. The van der Waals surface area contributed by atoms with Crippen molar-refractivity contribution in [1.82, 2.24) is 9.55 Å². The molecule has 0 atom stereocenters. The van der Waals surface area contributed by atoms with Gasteiger partial charge in [-0.3, -0.25) is 14.2 Å². The summed E-state index contributed by atoms with van der Waals surface area (Å²) in [5.41, 5.74) is 0.577. The Morgan fingerprint density at radius 3 is 3.05 bits per heavy atom. The Balaban J connectivity index is 2.37. The van der Waals surface area contributed by atoms with E-state index in [4.69, 9.17) is 5.11 Å². The van der Waals surface area contributed by atoms with Gasteiger partial charge in [0.15, 0.2) is 5.16 Å². The molecule has 0 spiro atoms. The Morgan fingerprint density at radius 1 is 1.55 bits per heavy atom. The van der Waals surface area contributed by atoms with E-state index in [-0.39, 0.29) is 11.3 Å². The molecule has 0 radical (unpaired) electrons. The van der Waals surface area contributed by atoms with E-state index in [1.54, 1.807) is 22.4 Å². The predicted molar refractivity (Wildman–Crippen MR) is 85.2 cm³/mol. The fourth-order valence-electron chi connectivity index (χ4n) is 1.72. The van der Waals surface area contributed by atoms with Crippen molar-refractivity contribution in [3.8, 4) is 0 Å². The number of aliphatic carboxylic acids is 1. The Morgan fingerprint density at radius 2 is 2.35 bits per heavy atom. The molecule has 0 amide bonds. The molecule has 0 aliphatic rings. The zero-order valence-corrected chi connectivity index (χ0v) is 13.3. The number of fused-ring (bicyclic) bond motifs is 1. The van der Waals surface area contributed by atoms with Crippen LogP contribution in [0.15, 0.2) is 21.4 Å². The zero-order valence-electron chi connectivity index (χ0n) is 10.9. The summed E-state index contributed by atoms with van der Waals surface area (Å²) in [6.45, 7) is 0.572. The van der Waals surface area contributed by atoms with Gasteiger partial charge in [0.05, 0.1) is 11.3 Å². The Kier molecular flexibility index (Phi) is 5.50. The summed E-state index contributed by atoms with van der Waals surface area (Å²) in [5.74, 6) is -0.0481. The number of hydrogen-bond acceptors (Lipinski definition) is 6. The van der Waals surface area contributed by atoms with Crippen LogP contribution in [0.1, 0.15) is 6.42 Å². The van der Waals surface area contributed by atoms with E-state index in [1.165, 1.54) is 11.3 Å². The summed E-state index contributed by atoms with van der Waals surface area (Å²) >= 11 is 4.19. The molecule has 0 aromatic carbocycles. The highest BCUT2D eigenvalue weighted by Crippen LogP contribution is 2.21. The number of carboxylic acids is 1. The average molecular weight is 330 g/mol. The number of carboxylic acid groups (broad SMARTS) is 1. The molecule has 0 saturated heterocycles. The number of nitrogens with zero attached hydrogens (tertiary/aromatic N) is 2. The quantitative estimate of drug-likeness (QED) is 0.477. The van der Waals surface area contributed by atoms with Gasteiger partial charge in [0.1, 0.15) is 4.70 Å². The minimum absolute atomic E-state index is 0.0704. The van der Waals surface area contributed by atoms with E-state index in [9.17, 15) is 9.59 Å². The fraction of sp³-hybridized carbons (Fsp3) is 0.417. The van der Waals surface area contributed by atoms with Gasteiger partial charge in [0.2, 0.25) is 0 Å². The van der Waals surface area contributed by atoms with E-state index in [0.717, 1.165) is 23.9 Å². The minimum atomic E-state index is -0.912. The van der Waals surface area contributed by atoms with Gasteiger partial charge in [-0.25, -0.2) is 4.98 Å². The Labute approximate surface area is 128 Å². The van der Waals surface area contributed by atoms with Crippen LogP contribution < -0.4 is 5.56 Å². The third kappa shape index (κ3) is 3.56. The largest absolute Gasteiger partial charge is 0.481 e. The SMILES string of the molecule is CSCCCn1c(SCC(=O)O)nc2ccsc2c1=O. The number of carbonyl (C=O) groups is 1. The maximum absolute atomic E-state index is 12.4. The van der Waals surface area contributed by atoms with Crippen molar-refractivity contribution in [2.24, 2.45) is 0 Å². The third-order valence-corrected chi connectivity index (χ3v) is 5.14. The van der Waals surface area contributed by atoms with E-state index in [0.29, 0.717) is 21.9 Å². The van der Waals surface area contributed by atoms with Crippen LogP contribution in [0.5, 0.6) is 0 Å². The lowest BCUT2D eigenvalue weighted by Crippen LogP contribution is -2.23. The molecule has 8 heteroatoms. The van der Waals surface area contributed by atoms with Crippen molar-refractivity contribution >= 4 is 51.0 Å². The highest BCUT2D eigenvalue weighted by atomic mass is 32.2. The number of rotatable bonds is 7. The number of thioether (sulfide) groups is 2. The van der Waals surface area contributed by atoms with Gasteiger partial charge in [0.25, 0.3) is 5.56 Å². The molecular formula is C12H14N2O3S3. The molecule has 108 valence electrons. The lowest BCUT2D eigenvalue weighted by atomic mass is 10.4. The molecule has 0 bridgehead atoms. The average Bonchev–Trinajstić information content (AvgIpc) is 2.87. The van der Waals surface area contributed by atoms with Crippen LogP contribution in [0, 0.1) is 0 Å². The molecule has 0 fully saturated rings. The van der Waals surface area contributed by atoms with Crippen LogP contribution in [0.25, 0.3) is 10.2 Å². The standard InChI is InChI=1S/C12H14N2O3S3/c1-18-5-2-4-14-11(17)10-8(3-6-19-10)13-12(14)20-7-9(15)16/h3,6H,2,4-5,7H2,1H3,(H,15,16). The monoisotopic (exact) mass is 330 g/mol. The van der Waals surface area contributed by atoms with Crippen molar-refractivity contribution < 1.29 is 9.90 Å². The van der Waals surface area contributed by atoms with Crippen LogP contribution in [-0.2, 0) is 11.3 Å². The first-order valence-electron chi connectivity index (χ1n) is 5.95. The summed E-state index contributed by atoms with van der Waals surface area (Å²) in [6.07, 6.45) is 2.88. The van der Waals surface area contributed by atoms with Gasteiger partial charge < -0.3 is 5.11 Å². The first-order chi connectivity index (χ1) is 9.63. The maximum Gasteiger partial charge on any atom is 0.313 e. The molecule has 5 nitrogen and oxygen atoms in total. The normalized spacial score (nSPS) is 11.1. The molecule has 0 aliphatic carbocycles. The zero-order chi connectivity index (χ0) is 14.5. The van der Waals surface area contributed by atoms with E-state index in [2.05, 4.69) is 4.98 Å². The predicted octanol–water partition coefficient (Wildman–Crippen LogP) is 2.39. The van der Waals surface area contributed by atoms with Gasteiger partial charge in [-0.05, 0) is 29.9 Å². The first-order valence-corrected chi connectivity index (χ1v) is 9.21. The number of hydrogen-bond donors (Lipinski definition) is 1. The summed E-state index contributed by atoms with van der Waals surface area (Å²) in [4.78, 5) is 27.5. The molecule has 0 saturated carbocycles. The van der Waals surface area contributed by atoms with Crippen molar-refractivity contribution in [2.45, 2.75) is 18.1 Å². The number of aromatic nitrogens is 2. The molecule has 2 heterocycles. The lowest BCUT2D eigenvalue weighted by molar-refractivity contribution is -0.133. The minimum Gasteiger partial charge on any atom is -0.481 e. The van der Waals surface area contributed by atoms with Crippen LogP contribution in [0.2, 0.25) is 0 Å². The van der Waals surface area contributed by atoms with Crippen molar-refractivity contribution in [3.05, 3.63) is 21.8 Å². The number of thiophene rings is 1. The van der Waals surface area contributed by atoms with Crippen LogP contribution in [0.3, 0.4) is 0 Å². The van der Waals surface area contributed by atoms with Crippen LogP contribution >= 0.6 is 34.9 Å². The molecule has 0 unspecified atom stereocenters. The van der Waals surface area contributed by atoms with Crippen molar-refractivity contribution in [1.29, 1.82) is 0 Å². The van der Waals surface area contributed by atoms with Gasteiger partial charge in [-0.15, -0.1) is 11.3 Å². The molecular weight excluding hydrogens is 316 g/mol. The summed E-state index contributed by atoms with van der Waals surface area (Å²) < 4.78 is 2.23. The van der Waals surface area contributed by atoms with Crippen LogP contribution in [0.4, 0.5) is 0 Å². The topological polar surface area (TPSA) is 72.2 Å². The lowest BCUT2D eigenvalue weighted by Gasteiger charge is -2.10. The second kappa shape index (κ2) is 7.14. The molecule has 2 aromatic rings. The van der Waals surface area contributed by atoms with Gasteiger partial charge >= 0.3 is 5.97 Å². The van der Waals surface area contributed by atoms with E-state index < -0.39 is 5.97 Å². The molecule has 20 heavy (non-hydrogen) atoms. The van der Waals surface area contributed by atoms with E-state index in [1.807, 2.05) is 11.6 Å². The summed E-state index contributed by atoms with van der Waals surface area (Å²) in [7, 11) is 0. The van der Waals surface area contributed by atoms with Crippen LogP contribution in [-0.4, -0.2) is 38.4 Å². The van der Waals surface area contributed by atoms with Gasteiger partial charge in [0, 0.05) is 6.54 Å². The summed E-state index contributed by atoms with van der Waals surface area (Å²) in [6, 6.07) is 1.79. The summed E-state index contributed by atoms with van der Waals surface area (Å²) in [5, 5.41) is 11.1. The third-order valence-electron chi connectivity index (χ3n) is 2.59. The van der Waals surface area contributed by atoms with E-state index >= 15 is 0 Å². The maximum atomic E-state index is 12.4.